The summed E-state index contributed by atoms with van der Waals surface area (Å²) in [7, 11) is 1.76. The summed E-state index contributed by atoms with van der Waals surface area (Å²) >= 11 is 0. The summed E-state index contributed by atoms with van der Waals surface area (Å²) in [5.41, 5.74) is 2.73. The molecular weight excluding hydrogens is 316 g/mol. The lowest BCUT2D eigenvalue weighted by molar-refractivity contribution is -0.125. The lowest BCUT2D eigenvalue weighted by Gasteiger charge is -2.23. The minimum absolute atomic E-state index is 0.118. The molecule has 0 spiro atoms. The first-order valence-electron chi connectivity index (χ1n) is 8.59. The van der Waals surface area contributed by atoms with Crippen molar-refractivity contribution in [3.8, 4) is 0 Å². The summed E-state index contributed by atoms with van der Waals surface area (Å²) in [5, 5.41) is 2.96. The molecule has 1 atom stereocenters. The van der Waals surface area contributed by atoms with Crippen LogP contribution in [0.1, 0.15) is 48.4 Å². The van der Waals surface area contributed by atoms with Crippen LogP contribution in [-0.2, 0) is 23.0 Å². The second-order valence-electron chi connectivity index (χ2n) is 6.46. The highest BCUT2D eigenvalue weighted by molar-refractivity contribution is 5.90. The zero-order valence-electron chi connectivity index (χ0n) is 15.3. The second-order valence-corrected chi connectivity index (χ2v) is 6.46. The van der Waals surface area contributed by atoms with Crippen LogP contribution < -0.4 is 5.32 Å². The summed E-state index contributed by atoms with van der Waals surface area (Å²) < 4.78 is 6.77. The molecule has 5 nitrogen and oxygen atoms in total. The largest absolute Gasteiger partial charge is 0.451 e. The summed E-state index contributed by atoms with van der Waals surface area (Å²) in [6, 6.07) is 11.5. The van der Waals surface area contributed by atoms with Crippen molar-refractivity contribution in [2.75, 3.05) is 6.61 Å². The fourth-order valence-electron chi connectivity index (χ4n) is 2.69. The zero-order valence-corrected chi connectivity index (χ0v) is 15.3. The van der Waals surface area contributed by atoms with Crippen molar-refractivity contribution in [2.45, 2.75) is 33.2 Å². The van der Waals surface area contributed by atoms with Crippen LogP contribution in [0.4, 0.5) is 0 Å². The van der Waals surface area contributed by atoms with Crippen molar-refractivity contribution >= 4 is 11.9 Å². The van der Waals surface area contributed by atoms with E-state index in [4.69, 9.17) is 4.74 Å². The molecule has 0 bridgehead atoms. The minimum atomic E-state index is -0.504. The monoisotopic (exact) mass is 342 g/mol. The molecule has 0 aliphatic rings. The van der Waals surface area contributed by atoms with Crippen LogP contribution in [0.3, 0.4) is 0 Å². The molecule has 5 heteroatoms. The van der Waals surface area contributed by atoms with Gasteiger partial charge in [-0.1, -0.05) is 45.0 Å². The number of aromatic nitrogens is 1. The molecule has 1 heterocycles. The Morgan fingerprint density at radius 3 is 2.36 bits per heavy atom. The average Bonchev–Trinajstić information content (AvgIpc) is 3.03. The Labute approximate surface area is 149 Å². The van der Waals surface area contributed by atoms with Crippen molar-refractivity contribution in [1.29, 1.82) is 0 Å². The molecule has 1 N–H and O–H groups in total. The fraction of sp³-hybridized carbons (Fsp3) is 0.400. The normalized spacial score (nSPS) is 12.0. The maximum Gasteiger partial charge on any atom is 0.355 e. The first-order valence-corrected chi connectivity index (χ1v) is 8.59. The number of aryl methyl sites for hydroxylation is 2. The molecule has 0 saturated carbocycles. The van der Waals surface area contributed by atoms with Gasteiger partial charge in [0.25, 0.3) is 5.91 Å². The highest BCUT2D eigenvalue weighted by Crippen LogP contribution is 2.22. The molecular formula is C20H26N2O3. The zero-order chi connectivity index (χ0) is 18.4. The van der Waals surface area contributed by atoms with E-state index in [2.05, 4.69) is 38.2 Å². The van der Waals surface area contributed by atoms with Crippen LogP contribution in [-0.4, -0.2) is 23.1 Å². The van der Waals surface area contributed by atoms with E-state index in [1.165, 1.54) is 5.56 Å². The van der Waals surface area contributed by atoms with E-state index in [9.17, 15) is 9.59 Å². The topological polar surface area (TPSA) is 60.3 Å². The number of amides is 1. The number of rotatable bonds is 7. The summed E-state index contributed by atoms with van der Waals surface area (Å²) in [4.78, 5) is 24.2. The number of carbonyl (C=O) groups is 2. The van der Waals surface area contributed by atoms with Crippen LogP contribution in [0.2, 0.25) is 0 Å². The van der Waals surface area contributed by atoms with Crippen molar-refractivity contribution in [2.24, 2.45) is 13.0 Å². The van der Waals surface area contributed by atoms with Gasteiger partial charge in [-0.25, -0.2) is 4.79 Å². The van der Waals surface area contributed by atoms with Crippen LogP contribution in [0.5, 0.6) is 0 Å². The van der Waals surface area contributed by atoms with Gasteiger partial charge in [0.1, 0.15) is 5.69 Å². The molecule has 1 aromatic carbocycles. The standard InChI is InChI=1S/C20H26N2O3/c1-5-15-8-10-16(11-9-15)19(14(2)3)21-18(23)13-25-20(24)17-7-6-12-22(17)4/h6-12,14,19H,5,13H2,1-4H3,(H,21,23)/t19-/m1/s1. The predicted molar refractivity (Wildman–Crippen MR) is 97.2 cm³/mol. The van der Waals surface area contributed by atoms with Crippen molar-refractivity contribution < 1.29 is 14.3 Å². The smallest absolute Gasteiger partial charge is 0.355 e. The molecule has 0 unspecified atom stereocenters. The Hall–Kier alpha value is -2.56. The molecule has 2 aromatic rings. The Kier molecular flexibility index (Phi) is 6.39. The number of hydrogen-bond acceptors (Lipinski definition) is 3. The molecule has 1 amide bonds. The lowest BCUT2D eigenvalue weighted by Crippen LogP contribution is -2.35. The van der Waals surface area contributed by atoms with E-state index < -0.39 is 5.97 Å². The van der Waals surface area contributed by atoms with E-state index in [1.807, 2.05) is 12.1 Å². The Bertz CT molecular complexity index is 717. The van der Waals surface area contributed by atoms with Crippen LogP contribution in [0.15, 0.2) is 42.6 Å². The third kappa shape index (κ3) is 4.95. The molecule has 0 aliphatic heterocycles. The number of esters is 1. The predicted octanol–water partition coefficient (Wildman–Crippen LogP) is 3.26. The van der Waals surface area contributed by atoms with E-state index in [-0.39, 0.29) is 24.5 Å². The fourth-order valence-corrected chi connectivity index (χ4v) is 2.69. The third-order valence-electron chi connectivity index (χ3n) is 4.22. The highest BCUT2D eigenvalue weighted by atomic mass is 16.5. The first kappa shape index (κ1) is 18.8. The van der Waals surface area contributed by atoms with Gasteiger partial charge in [0.15, 0.2) is 6.61 Å². The van der Waals surface area contributed by atoms with Gasteiger partial charge >= 0.3 is 5.97 Å². The highest BCUT2D eigenvalue weighted by Gasteiger charge is 2.20. The summed E-state index contributed by atoms with van der Waals surface area (Å²) in [6.07, 6.45) is 2.74. The molecule has 0 fully saturated rings. The molecule has 0 radical (unpaired) electrons. The Balaban J connectivity index is 1.95. The molecule has 25 heavy (non-hydrogen) atoms. The molecule has 2 rings (SSSR count). The third-order valence-corrected chi connectivity index (χ3v) is 4.22. The number of nitrogens with zero attached hydrogens (tertiary/aromatic N) is 1. The van der Waals surface area contributed by atoms with Crippen LogP contribution in [0.25, 0.3) is 0 Å². The van der Waals surface area contributed by atoms with Crippen molar-refractivity contribution in [3.05, 3.63) is 59.4 Å². The number of nitrogens with one attached hydrogen (secondary N) is 1. The van der Waals surface area contributed by atoms with Gasteiger partial charge in [-0.2, -0.15) is 0 Å². The van der Waals surface area contributed by atoms with E-state index in [0.717, 1.165) is 12.0 Å². The van der Waals surface area contributed by atoms with Crippen molar-refractivity contribution in [1.82, 2.24) is 9.88 Å². The summed E-state index contributed by atoms with van der Waals surface area (Å²) in [6.45, 7) is 5.92. The minimum Gasteiger partial charge on any atom is -0.451 e. The Morgan fingerprint density at radius 2 is 1.84 bits per heavy atom. The number of ether oxygens (including phenoxy) is 1. The van der Waals surface area contributed by atoms with Gasteiger partial charge in [0.2, 0.25) is 0 Å². The van der Waals surface area contributed by atoms with Gasteiger partial charge in [0, 0.05) is 13.2 Å². The van der Waals surface area contributed by atoms with Crippen LogP contribution >= 0.6 is 0 Å². The quantitative estimate of drug-likeness (QED) is 0.786. The number of carbonyl (C=O) groups excluding carboxylic acids is 2. The van der Waals surface area contributed by atoms with E-state index in [0.29, 0.717) is 5.69 Å². The average molecular weight is 342 g/mol. The maximum atomic E-state index is 12.2. The Morgan fingerprint density at radius 1 is 1.16 bits per heavy atom. The SMILES string of the molecule is CCc1ccc([C@H](NC(=O)COC(=O)c2cccn2C)C(C)C)cc1. The van der Waals surface area contributed by atoms with Gasteiger partial charge in [-0.15, -0.1) is 0 Å². The number of hydrogen-bond donors (Lipinski definition) is 1. The van der Waals surface area contributed by atoms with Gasteiger partial charge in [0.05, 0.1) is 6.04 Å². The second kappa shape index (κ2) is 8.51. The van der Waals surface area contributed by atoms with E-state index in [1.54, 1.807) is 29.9 Å². The van der Waals surface area contributed by atoms with Gasteiger partial charge < -0.3 is 14.6 Å². The number of benzene rings is 1. The maximum absolute atomic E-state index is 12.2. The van der Waals surface area contributed by atoms with Gasteiger partial charge in [-0.3, -0.25) is 4.79 Å². The molecule has 0 aliphatic carbocycles. The lowest BCUT2D eigenvalue weighted by atomic mass is 9.95. The summed E-state index contributed by atoms with van der Waals surface area (Å²) in [5.74, 6) is -0.586. The molecule has 134 valence electrons. The van der Waals surface area contributed by atoms with Gasteiger partial charge in [-0.05, 0) is 35.6 Å². The molecule has 0 saturated heterocycles. The molecule has 1 aromatic heterocycles. The van der Waals surface area contributed by atoms with Crippen LogP contribution in [0, 0.1) is 5.92 Å². The van der Waals surface area contributed by atoms with Crippen molar-refractivity contribution in [3.63, 3.8) is 0 Å². The first-order chi connectivity index (χ1) is 11.9. The van der Waals surface area contributed by atoms with E-state index >= 15 is 0 Å².